The zero-order valence-corrected chi connectivity index (χ0v) is 16.5. The molecule has 0 fully saturated rings. The summed E-state index contributed by atoms with van der Waals surface area (Å²) in [5, 5.41) is 10.7. The number of benzene rings is 1. The minimum absolute atomic E-state index is 0.0154. The predicted octanol–water partition coefficient (Wildman–Crippen LogP) is 6.86. The number of aromatic hydroxyl groups is 1. The van der Waals surface area contributed by atoms with Crippen LogP contribution in [0.4, 0.5) is 0 Å². The van der Waals surface area contributed by atoms with Crippen LogP contribution in [0.3, 0.4) is 0 Å². The number of rotatable bonds is 7. The van der Waals surface area contributed by atoms with Gasteiger partial charge in [0.1, 0.15) is 5.75 Å². The molecule has 1 aromatic rings. The van der Waals surface area contributed by atoms with Gasteiger partial charge >= 0.3 is 0 Å². The van der Waals surface area contributed by atoms with Gasteiger partial charge in [0.05, 0.1) is 0 Å². The number of unbranched alkanes of at least 4 members (excludes halogenated alkanes) is 3. The Morgan fingerprint density at radius 2 is 1.61 bits per heavy atom. The van der Waals surface area contributed by atoms with Crippen LogP contribution in [0.25, 0.3) is 0 Å². The second-order valence-electron chi connectivity index (χ2n) is 9.18. The number of hydrogen-bond acceptors (Lipinski definition) is 1. The monoisotopic (exact) mass is 318 g/mol. The van der Waals surface area contributed by atoms with E-state index in [0.717, 1.165) is 17.5 Å². The molecule has 1 aromatic carbocycles. The number of para-hydroxylation sites is 1. The van der Waals surface area contributed by atoms with Crippen LogP contribution in [0, 0.1) is 11.3 Å². The maximum absolute atomic E-state index is 10.7. The first-order valence-electron chi connectivity index (χ1n) is 9.38. The molecule has 23 heavy (non-hydrogen) atoms. The summed E-state index contributed by atoms with van der Waals surface area (Å²) in [7, 11) is 0. The third-order valence-corrected chi connectivity index (χ3v) is 5.02. The van der Waals surface area contributed by atoms with Crippen LogP contribution in [0.1, 0.15) is 91.7 Å². The van der Waals surface area contributed by atoms with E-state index in [2.05, 4.69) is 66.7 Å². The highest BCUT2D eigenvalue weighted by atomic mass is 16.3. The van der Waals surface area contributed by atoms with Crippen LogP contribution < -0.4 is 0 Å². The molecular formula is C22H38O. The number of phenolic OH excluding ortho intramolecular Hbond substituents is 1. The van der Waals surface area contributed by atoms with Crippen molar-refractivity contribution in [1.82, 2.24) is 0 Å². The summed E-state index contributed by atoms with van der Waals surface area (Å²) in [5.41, 5.74) is 2.44. The smallest absolute Gasteiger partial charge is 0.122 e. The lowest BCUT2D eigenvalue weighted by atomic mass is 9.74. The Kier molecular flexibility index (Phi) is 7.17. The average Bonchev–Trinajstić information content (AvgIpc) is 2.41. The van der Waals surface area contributed by atoms with E-state index in [4.69, 9.17) is 0 Å². The summed E-state index contributed by atoms with van der Waals surface area (Å²) in [5.74, 6) is 1.13. The zero-order valence-electron chi connectivity index (χ0n) is 16.5. The lowest BCUT2D eigenvalue weighted by molar-refractivity contribution is 0.217. The maximum Gasteiger partial charge on any atom is 0.122 e. The third kappa shape index (κ3) is 6.20. The molecule has 0 bridgehead atoms. The first kappa shape index (κ1) is 20.1. The Morgan fingerprint density at radius 3 is 2.13 bits per heavy atom. The van der Waals surface area contributed by atoms with Crippen molar-refractivity contribution in [3.8, 4) is 5.75 Å². The fourth-order valence-corrected chi connectivity index (χ4v) is 3.29. The van der Waals surface area contributed by atoms with E-state index in [1.54, 1.807) is 0 Å². The predicted molar refractivity (Wildman–Crippen MR) is 102 cm³/mol. The van der Waals surface area contributed by atoms with Crippen LogP contribution in [-0.2, 0) is 11.8 Å². The molecule has 1 unspecified atom stereocenters. The van der Waals surface area contributed by atoms with Gasteiger partial charge in [-0.05, 0) is 40.7 Å². The third-order valence-electron chi connectivity index (χ3n) is 5.02. The Balaban J connectivity index is 2.92. The van der Waals surface area contributed by atoms with Gasteiger partial charge in [-0.1, -0.05) is 92.3 Å². The van der Waals surface area contributed by atoms with Gasteiger partial charge in [0, 0.05) is 0 Å². The second kappa shape index (κ2) is 8.22. The van der Waals surface area contributed by atoms with Crippen molar-refractivity contribution in [2.24, 2.45) is 11.3 Å². The minimum Gasteiger partial charge on any atom is -0.507 e. The molecule has 0 saturated heterocycles. The largest absolute Gasteiger partial charge is 0.507 e. The highest BCUT2D eigenvalue weighted by Gasteiger charge is 2.27. The fraction of sp³-hybridized carbons (Fsp3) is 0.727. The first-order chi connectivity index (χ1) is 10.6. The first-order valence-corrected chi connectivity index (χ1v) is 9.38. The van der Waals surface area contributed by atoms with Gasteiger partial charge < -0.3 is 5.11 Å². The Morgan fingerprint density at radius 1 is 0.957 bits per heavy atom. The summed E-state index contributed by atoms with van der Waals surface area (Å²) in [6, 6.07) is 6.27. The molecular weight excluding hydrogens is 280 g/mol. The molecule has 0 amide bonds. The quantitative estimate of drug-likeness (QED) is 0.544. The molecule has 0 spiro atoms. The summed E-state index contributed by atoms with van der Waals surface area (Å²) in [6.45, 7) is 15.8. The highest BCUT2D eigenvalue weighted by Crippen LogP contribution is 2.38. The van der Waals surface area contributed by atoms with Crippen molar-refractivity contribution >= 4 is 0 Å². The van der Waals surface area contributed by atoms with E-state index in [9.17, 15) is 5.11 Å². The lowest BCUT2D eigenvalue weighted by Crippen LogP contribution is -2.23. The van der Waals surface area contributed by atoms with E-state index in [1.807, 2.05) is 0 Å². The van der Waals surface area contributed by atoms with Crippen LogP contribution in [0.2, 0.25) is 0 Å². The molecule has 1 atom stereocenters. The van der Waals surface area contributed by atoms with E-state index in [1.165, 1.54) is 32.1 Å². The molecule has 0 saturated carbocycles. The van der Waals surface area contributed by atoms with E-state index in [-0.39, 0.29) is 10.8 Å². The van der Waals surface area contributed by atoms with E-state index in [0.29, 0.717) is 11.7 Å². The van der Waals surface area contributed by atoms with Crippen molar-refractivity contribution in [2.45, 2.75) is 92.4 Å². The molecule has 1 rings (SSSR count). The van der Waals surface area contributed by atoms with Crippen molar-refractivity contribution < 1.29 is 5.11 Å². The van der Waals surface area contributed by atoms with Crippen molar-refractivity contribution in [3.63, 3.8) is 0 Å². The maximum atomic E-state index is 10.7. The van der Waals surface area contributed by atoms with Gasteiger partial charge in [0.15, 0.2) is 0 Å². The van der Waals surface area contributed by atoms with Crippen molar-refractivity contribution in [1.29, 1.82) is 0 Å². The van der Waals surface area contributed by atoms with Crippen LogP contribution in [-0.4, -0.2) is 5.11 Å². The highest BCUT2D eigenvalue weighted by molar-refractivity contribution is 5.44. The topological polar surface area (TPSA) is 20.2 Å². The van der Waals surface area contributed by atoms with Gasteiger partial charge in [-0.15, -0.1) is 0 Å². The number of hydrogen-bond donors (Lipinski definition) is 1. The minimum atomic E-state index is -0.0154. The molecule has 132 valence electrons. The molecule has 1 heteroatoms. The summed E-state index contributed by atoms with van der Waals surface area (Å²) >= 11 is 0. The van der Waals surface area contributed by atoms with Gasteiger partial charge in [-0.25, -0.2) is 0 Å². The lowest BCUT2D eigenvalue weighted by Gasteiger charge is -2.32. The van der Waals surface area contributed by atoms with Crippen LogP contribution in [0.15, 0.2) is 18.2 Å². The van der Waals surface area contributed by atoms with E-state index >= 15 is 0 Å². The van der Waals surface area contributed by atoms with Gasteiger partial charge in [0.2, 0.25) is 0 Å². The van der Waals surface area contributed by atoms with E-state index < -0.39 is 0 Å². The molecule has 0 radical (unpaired) electrons. The normalized spacial score (nSPS) is 14.0. The molecule has 0 aliphatic rings. The van der Waals surface area contributed by atoms with Gasteiger partial charge in [0.25, 0.3) is 0 Å². The second-order valence-corrected chi connectivity index (χ2v) is 9.18. The van der Waals surface area contributed by atoms with Crippen LogP contribution >= 0.6 is 0 Å². The molecule has 0 heterocycles. The molecule has 0 aliphatic heterocycles. The molecule has 0 aliphatic carbocycles. The standard InChI is InChI=1S/C22H38O/c1-8-9-10-11-14-18(21(2,3)4)16-17-13-12-15-19(20(17)23)22(5,6)7/h12-13,15,18,23H,8-11,14,16H2,1-7H3. The molecule has 0 aromatic heterocycles. The van der Waals surface area contributed by atoms with Crippen LogP contribution in [0.5, 0.6) is 5.75 Å². The average molecular weight is 319 g/mol. The zero-order chi connectivity index (χ0) is 17.7. The summed E-state index contributed by atoms with van der Waals surface area (Å²) in [4.78, 5) is 0. The Bertz CT molecular complexity index is 474. The SMILES string of the molecule is CCCCCCC(Cc1cccc(C(C)(C)C)c1O)C(C)(C)C. The molecule has 1 N–H and O–H groups in total. The number of phenols is 1. The van der Waals surface area contributed by atoms with Crippen molar-refractivity contribution in [3.05, 3.63) is 29.3 Å². The summed E-state index contributed by atoms with van der Waals surface area (Å²) < 4.78 is 0. The molecule has 1 nitrogen and oxygen atoms in total. The van der Waals surface area contributed by atoms with Gasteiger partial charge in [-0.2, -0.15) is 0 Å². The summed E-state index contributed by atoms with van der Waals surface area (Å²) in [6.07, 6.45) is 7.48. The fourth-order valence-electron chi connectivity index (χ4n) is 3.29. The Hall–Kier alpha value is -0.980. The van der Waals surface area contributed by atoms with Crippen molar-refractivity contribution in [2.75, 3.05) is 0 Å². The Labute approximate surface area is 144 Å². The van der Waals surface area contributed by atoms with Gasteiger partial charge in [-0.3, -0.25) is 0 Å².